The van der Waals surface area contributed by atoms with Crippen LogP contribution < -0.4 is 10.6 Å². The van der Waals surface area contributed by atoms with Crippen LogP contribution in [0, 0.1) is 13.8 Å². The van der Waals surface area contributed by atoms with Crippen molar-refractivity contribution < 1.29 is 9.59 Å². The summed E-state index contributed by atoms with van der Waals surface area (Å²) in [4.78, 5) is 25.0. The quantitative estimate of drug-likeness (QED) is 0.659. The number of carbonyl (C=O) groups is 2. The molecule has 26 heavy (non-hydrogen) atoms. The van der Waals surface area contributed by atoms with Crippen LogP contribution in [0.2, 0.25) is 0 Å². The second-order valence-corrected chi connectivity index (χ2v) is 6.43. The van der Waals surface area contributed by atoms with Crippen molar-refractivity contribution in [1.29, 1.82) is 0 Å². The Morgan fingerprint density at radius 2 is 1.04 bits per heavy atom. The first-order valence-electron chi connectivity index (χ1n) is 8.66. The van der Waals surface area contributed by atoms with E-state index in [0.717, 1.165) is 11.1 Å². The van der Waals surface area contributed by atoms with E-state index in [0.29, 0.717) is 35.6 Å². The van der Waals surface area contributed by atoms with E-state index in [2.05, 4.69) is 10.6 Å². The molecule has 0 unspecified atom stereocenters. The molecule has 0 radical (unpaired) electrons. The normalized spacial score (nSPS) is 16.8. The molecule has 132 valence electrons. The van der Waals surface area contributed by atoms with Crippen LogP contribution in [-0.4, -0.2) is 24.7 Å². The fourth-order valence-electron chi connectivity index (χ4n) is 2.71. The molecule has 0 saturated carbocycles. The van der Waals surface area contributed by atoms with Crippen LogP contribution in [0.4, 0.5) is 0 Å². The van der Waals surface area contributed by atoms with Crippen molar-refractivity contribution in [3.8, 4) is 0 Å². The lowest BCUT2D eigenvalue weighted by Crippen LogP contribution is -2.37. The van der Waals surface area contributed by atoms with Gasteiger partial charge in [0.1, 0.15) is 0 Å². The number of nitrogens with one attached hydrogen (secondary N) is 2. The van der Waals surface area contributed by atoms with Gasteiger partial charge in [0.15, 0.2) is 11.6 Å². The summed E-state index contributed by atoms with van der Waals surface area (Å²) in [6.45, 7) is 5.36. The first kappa shape index (κ1) is 17.7. The molecule has 1 heterocycles. The SMILES string of the molecule is Cc1ccc(C(=O)C=C2NCCNC2=CC(=O)c2ccc(C)cc2)cc1. The van der Waals surface area contributed by atoms with Gasteiger partial charge in [0.2, 0.25) is 0 Å². The zero-order valence-electron chi connectivity index (χ0n) is 15.0. The number of benzene rings is 2. The highest BCUT2D eigenvalue weighted by Crippen LogP contribution is 2.13. The van der Waals surface area contributed by atoms with Gasteiger partial charge in [0.05, 0.1) is 11.4 Å². The van der Waals surface area contributed by atoms with E-state index in [4.69, 9.17) is 0 Å². The standard InChI is InChI=1S/C22H22N2O2/c1-15-3-7-17(8-4-15)21(25)13-19-20(24-12-11-23-19)14-22(26)18-9-5-16(2)6-10-18/h3-10,13-14,23-24H,11-12H2,1-2H3. The minimum atomic E-state index is -0.0927. The molecule has 4 heteroatoms. The monoisotopic (exact) mass is 346 g/mol. The third kappa shape index (κ3) is 4.28. The first-order valence-corrected chi connectivity index (χ1v) is 8.66. The zero-order valence-corrected chi connectivity index (χ0v) is 15.0. The predicted molar refractivity (Wildman–Crippen MR) is 103 cm³/mol. The molecule has 1 aliphatic rings. The number of hydrogen-bond acceptors (Lipinski definition) is 4. The Bertz CT molecular complexity index is 800. The maximum absolute atomic E-state index is 12.5. The van der Waals surface area contributed by atoms with Gasteiger partial charge < -0.3 is 10.6 Å². The van der Waals surface area contributed by atoms with Crippen LogP contribution in [-0.2, 0) is 0 Å². The van der Waals surface area contributed by atoms with Crippen molar-refractivity contribution in [1.82, 2.24) is 10.6 Å². The Kier molecular flexibility index (Phi) is 5.32. The van der Waals surface area contributed by atoms with Gasteiger partial charge in [0, 0.05) is 36.4 Å². The Labute approximate surface area is 153 Å². The lowest BCUT2D eigenvalue weighted by atomic mass is 10.0. The van der Waals surface area contributed by atoms with E-state index in [-0.39, 0.29) is 11.6 Å². The van der Waals surface area contributed by atoms with Gasteiger partial charge in [-0.25, -0.2) is 0 Å². The smallest absolute Gasteiger partial charge is 0.187 e. The molecule has 0 spiro atoms. The number of aryl methyl sites for hydroxylation is 2. The topological polar surface area (TPSA) is 58.2 Å². The van der Waals surface area contributed by atoms with E-state index in [1.807, 2.05) is 62.4 Å². The Balaban J connectivity index is 1.84. The molecule has 4 nitrogen and oxygen atoms in total. The summed E-state index contributed by atoms with van der Waals surface area (Å²) < 4.78 is 0. The highest BCUT2D eigenvalue weighted by Gasteiger charge is 2.15. The fourth-order valence-corrected chi connectivity index (χ4v) is 2.71. The molecule has 1 saturated heterocycles. The average Bonchev–Trinajstić information content (AvgIpc) is 2.64. The number of carbonyl (C=O) groups excluding carboxylic acids is 2. The molecule has 1 fully saturated rings. The maximum Gasteiger partial charge on any atom is 0.187 e. The second kappa shape index (κ2) is 7.83. The molecule has 0 aromatic heterocycles. The minimum absolute atomic E-state index is 0.0927. The molecule has 1 aliphatic heterocycles. The van der Waals surface area contributed by atoms with E-state index >= 15 is 0 Å². The Morgan fingerprint density at radius 1 is 0.692 bits per heavy atom. The van der Waals surface area contributed by atoms with Gasteiger partial charge in [0.25, 0.3) is 0 Å². The first-order chi connectivity index (χ1) is 12.5. The summed E-state index contributed by atoms with van der Waals surface area (Å²) in [5.41, 5.74) is 4.75. The van der Waals surface area contributed by atoms with E-state index < -0.39 is 0 Å². The molecule has 2 aromatic carbocycles. The third-order valence-electron chi connectivity index (χ3n) is 4.27. The van der Waals surface area contributed by atoms with E-state index in [1.165, 1.54) is 0 Å². The highest BCUT2D eigenvalue weighted by atomic mass is 16.1. The Morgan fingerprint density at radius 3 is 1.38 bits per heavy atom. The highest BCUT2D eigenvalue weighted by molar-refractivity contribution is 6.07. The van der Waals surface area contributed by atoms with Crippen molar-refractivity contribution in [2.45, 2.75) is 13.8 Å². The lowest BCUT2D eigenvalue weighted by Gasteiger charge is -2.22. The number of ketones is 2. The molecular formula is C22H22N2O2. The second-order valence-electron chi connectivity index (χ2n) is 6.43. The van der Waals surface area contributed by atoms with Crippen molar-refractivity contribution in [2.75, 3.05) is 13.1 Å². The average molecular weight is 346 g/mol. The minimum Gasteiger partial charge on any atom is -0.381 e. The van der Waals surface area contributed by atoms with Crippen LogP contribution in [0.3, 0.4) is 0 Å². The third-order valence-corrected chi connectivity index (χ3v) is 4.27. The molecule has 0 aliphatic carbocycles. The maximum atomic E-state index is 12.5. The van der Waals surface area contributed by atoms with Gasteiger partial charge in [-0.15, -0.1) is 0 Å². The number of rotatable bonds is 4. The van der Waals surface area contributed by atoms with Gasteiger partial charge >= 0.3 is 0 Å². The van der Waals surface area contributed by atoms with Gasteiger partial charge in [-0.05, 0) is 13.8 Å². The zero-order chi connectivity index (χ0) is 18.5. The van der Waals surface area contributed by atoms with Crippen molar-refractivity contribution in [3.63, 3.8) is 0 Å². The predicted octanol–water partition coefficient (Wildman–Crippen LogP) is 3.33. The van der Waals surface area contributed by atoms with E-state index in [9.17, 15) is 9.59 Å². The van der Waals surface area contributed by atoms with Crippen LogP contribution in [0.5, 0.6) is 0 Å². The van der Waals surface area contributed by atoms with Crippen LogP contribution in [0.25, 0.3) is 0 Å². The van der Waals surface area contributed by atoms with Crippen molar-refractivity contribution in [3.05, 3.63) is 94.3 Å². The molecule has 0 amide bonds. The fraction of sp³-hybridized carbons (Fsp3) is 0.182. The molecular weight excluding hydrogens is 324 g/mol. The van der Waals surface area contributed by atoms with Crippen molar-refractivity contribution in [2.24, 2.45) is 0 Å². The van der Waals surface area contributed by atoms with Crippen molar-refractivity contribution >= 4 is 11.6 Å². The van der Waals surface area contributed by atoms with Crippen LogP contribution in [0.15, 0.2) is 72.1 Å². The van der Waals surface area contributed by atoms with Gasteiger partial charge in [-0.3, -0.25) is 9.59 Å². The van der Waals surface area contributed by atoms with E-state index in [1.54, 1.807) is 12.2 Å². The summed E-state index contributed by atoms with van der Waals surface area (Å²) >= 11 is 0. The summed E-state index contributed by atoms with van der Waals surface area (Å²) in [6, 6.07) is 14.9. The summed E-state index contributed by atoms with van der Waals surface area (Å²) in [5.74, 6) is -0.185. The summed E-state index contributed by atoms with van der Waals surface area (Å²) in [7, 11) is 0. The number of piperazine rings is 1. The largest absolute Gasteiger partial charge is 0.381 e. The molecule has 2 aromatic rings. The number of hydrogen-bond donors (Lipinski definition) is 2. The number of allylic oxidation sites excluding steroid dienone is 2. The van der Waals surface area contributed by atoms with Crippen LogP contribution in [0.1, 0.15) is 31.8 Å². The van der Waals surface area contributed by atoms with Crippen LogP contribution >= 0.6 is 0 Å². The molecule has 0 bridgehead atoms. The lowest BCUT2D eigenvalue weighted by molar-refractivity contribution is 0.103. The Hall–Kier alpha value is -3.14. The molecule has 2 N–H and O–H groups in total. The summed E-state index contributed by atoms with van der Waals surface area (Å²) in [6.07, 6.45) is 3.09. The van der Waals surface area contributed by atoms with Gasteiger partial charge in [-0.2, -0.15) is 0 Å². The summed E-state index contributed by atoms with van der Waals surface area (Å²) in [5, 5.41) is 6.41. The molecule has 3 rings (SSSR count). The van der Waals surface area contributed by atoms with Gasteiger partial charge in [-0.1, -0.05) is 59.7 Å². The molecule has 0 atom stereocenters.